The summed E-state index contributed by atoms with van der Waals surface area (Å²) >= 11 is 0. The van der Waals surface area contributed by atoms with Gasteiger partial charge in [-0.2, -0.15) is 0 Å². The molecule has 0 aliphatic heterocycles. The van der Waals surface area contributed by atoms with Crippen molar-refractivity contribution < 1.29 is 0 Å². The predicted octanol–water partition coefficient (Wildman–Crippen LogP) is 1.02. The number of hydrogen-bond acceptors (Lipinski definition) is 3. The van der Waals surface area contributed by atoms with Gasteiger partial charge in [0.25, 0.3) is 5.56 Å². The molecule has 0 spiro atoms. The fraction of sp³-hybridized carbons (Fsp3) is 0.667. The first-order chi connectivity index (χ1) is 7.63. The van der Waals surface area contributed by atoms with E-state index in [9.17, 15) is 4.79 Å². The van der Waals surface area contributed by atoms with Crippen molar-refractivity contribution in [3.05, 3.63) is 27.9 Å². The lowest BCUT2D eigenvalue weighted by molar-refractivity contribution is 0.571. The van der Waals surface area contributed by atoms with E-state index >= 15 is 0 Å². The van der Waals surface area contributed by atoms with E-state index in [4.69, 9.17) is 5.73 Å². The van der Waals surface area contributed by atoms with Gasteiger partial charge < -0.3 is 5.73 Å². The van der Waals surface area contributed by atoms with Crippen molar-refractivity contribution in [3.8, 4) is 0 Å². The number of aromatic nitrogens is 2. The van der Waals surface area contributed by atoms with Gasteiger partial charge in [0.05, 0.1) is 0 Å². The van der Waals surface area contributed by atoms with E-state index in [0.717, 1.165) is 30.7 Å². The Hall–Kier alpha value is -1.16. The summed E-state index contributed by atoms with van der Waals surface area (Å²) in [5, 5.41) is 0. The predicted molar refractivity (Wildman–Crippen MR) is 63.4 cm³/mol. The molecule has 0 saturated heterocycles. The smallest absolute Gasteiger partial charge is 0.256 e. The van der Waals surface area contributed by atoms with Gasteiger partial charge in [-0.05, 0) is 38.6 Å². The zero-order chi connectivity index (χ0) is 11.7. The molecule has 1 aliphatic carbocycles. The molecule has 0 aromatic carbocycles. The molecule has 1 heterocycles. The molecule has 1 atom stereocenters. The maximum atomic E-state index is 12.2. The average molecular weight is 221 g/mol. The van der Waals surface area contributed by atoms with Crippen LogP contribution < -0.4 is 11.3 Å². The standard InChI is InChI=1S/C12H19N3O/c1-8(6-13)5-10-7-14-9(2)15(12(10)16)11-3-4-11/h7-8,11H,3-6,13H2,1-2H3. The zero-order valence-corrected chi connectivity index (χ0v) is 9.94. The lowest BCUT2D eigenvalue weighted by Gasteiger charge is -2.12. The van der Waals surface area contributed by atoms with Crippen LogP contribution in [0.15, 0.2) is 11.0 Å². The summed E-state index contributed by atoms with van der Waals surface area (Å²) in [6, 6.07) is 0.396. The first kappa shape index (κ1) is 11.3. The summed E-state index contributed by atoms with van der Waals surface area (Å²) in [6.07, 6.45) is 4.66. The summed E-state index contributed by atoms with van der Waals surface area (Å²) in [5.41, 5.74) is 6.52. The fourth-order valence-electron chi connectivity index (χ4n) is 1.95. The first-order valence-electron chi connectivity index (χ1n) is 5.90. The van der Waals surface area contributed by atoms with Crippen molar-refractivity contribution in [1.82, 2.24) is 9.55 Å². The van der Waals surface area contributed by atoms with Crippen molar-refractivity contribution in [2.24, 2.45) is 11.7 Å². The van der Waals surface area contributed by atoms with Gasteiger partial charge in [-0.1, -0.05) is 6.92 Å². The van der Waals surface area contributed by atoms with Gasteiger partial charge in [-0.3, -0.25) is 9.36 Å². The largest absolute Gasteiger partial charge is 0.330 e. The molecular weight excluding hydrogens is 202 g/mol. The summed E-state index contributed by atoms with van der Waals surface area (Å²) in [7, 11) is 0. The zero-order valence-electron chi connectivity index (χ0n) is 9.94. The lowest BCUT2D eigenvalue weighted by atomic mass is 10.0. The number of aryl methyl sites for hydroxylation is 1. The van der Waals surface area contributed by atoms with Crippen LogP contribution in [0.2, 0.25) is 0 Å². The minimum absolute atomic E-state index is 0.135. The second-order valence-corrected chi connectivity index (χ2v) is 4.78. The Morgan fingerprint density at radius 3 is 2.88 bits per heavy atom. The molecule has 1 aromatic heterocycles. The molecule has 1 aliphatic rings. The van der Waals surface area contributed by atoms with Crippen LogP contribution in [0.4, 0.5) is 0 Å². The molecule has 16 heavy (non-hydrogen) atoms. The minimum atomic E-state index is 0.135. The van der Waals surface area contributed by atoms with E-state index < -0.39 is 0 Å². The van der Waals surface area contributed by atoms with Crippen LogP contribution in [0.5, 0.6) is 0 Å². The van der Waals surface area contributed by atoms with Crippen molar-refractivity contribution >= 4 is 0 Å². The Kier molecular flexibility index (Phi) is 3.10. The molecule has 1 fully saturated rings. The number of hydrogen-bond donors (Lipinski definition) is 1. The van der Waals surface area contributed by atoms with Crippen LogP contribution in [0, 0.1) is 12.8 Å². The van der Waals surface area contributed by atoms with Gasteiger partial charge >= 0.3 is 0 Å². The van der Waals surface area contributed by atoms with Crippen molar-refractivity contribution in [2.75, 3.05) is 6.54 Å². The van der Waals surface area contributed by atoms with Gasteiger partial charge in [-0.25, -0.2) is 4.98 Å². The normalized spacial score (nSPS) is 17.4. The van der Waals surface area contributed by atoms with Crippen LogP contribution in [0.1, 0.15) is 37.2 Å². The first-order valence-corrected chi connectivity index (χ1v) is 5.90. The van der Waals surface area contributed by atoms with Crippen molar-refractivity contribution in [2.45, 2.75) is 39.2 Å². The molecular formula is C12H19N3O. The molecule has 4 heteroatoms. The Balaban J connectivity index is 2.33. The Morgan fingerprint density at radius 1 is 1.62 bits per heavy atom. The maximum Gasteiger partial charge on any atom is 0.256 e. The van der Waals surface area contributed by atoms with Crippen LogP contribution in [0.3, 0.4) is 0 Å². The molecule has 1 unspecified atom stereocenters. The quantitative estimate of drug-likeness (QED) is 0.826. The van der Waals surface area contributed by atoms with E-state index in [1.54, 1.807) is 6.20 Å². The highest BCUT2D eigenvalue weighted by Gasteiger charge is 2.27. The van der Waals surface area contributed by atoms with Gasteiger partial charge in [0.15, 0.2) is 0 Å². The van der Waals surface area contributed by atoms with Gasteiger partial charge in [0.1, 0.15) is 5.82 Å². The van der Waals surface area contributed by atoms with Gasteiger partial charge in [0, 0.05) is 17.8 Å². The Bertz CT molecular complexity index is 434. The summed E-state index contributed by atoms with van der Waals surface area (Å²) in [6.45, 7) is 4.56. The number of rotatable bonds is 4. The van der Waals surface area contributed by atoms with Gasteiger partial charge in [-0.15, -0.1) is 0 Å². The molecule has 88 valence electrons. The van der Waals surface area contributed by atoms with Crippen LogP contribution in [-0.4, -0.2) is 16.1 Å². The topological polar surface area (TPSA) is 60.9 Å². The molecule has 0 amide bonds. The average Bonchev–Trinajstić information content (AvgIpc) is 3.06. The molecule has 0 radical (unpaired) electrons. The Labute approximate surface area is 95.5 Å². The third-order valence-corrected chi connectivity index (χ3v) is 3.13. The Morgan fingerprint density at radius 2 is 2.31 bits per heavy atom. The summed E-state index contributed by atoms with van der Waals surface area (Å²) in [4.78, 5) is 16.5. The molecule has 1 aromatic rings. The van der Waals surface area contributed by atoms with Gasteiger partial charge in [0.2, 0.25) is 0 Å². The fourth-order valence-corrected chi connectivity index (χ4v) is 1.95. The number of nitrogens with two attached hydrogens (primary N) is 1. The second kappa shape index (κ2) is 4.37. The highest BCUT2D eigenvalue weighted by atomic mass is 16.1. The highest BCUT2D eigenvalue weighted by Crippen LogP contribution is 2.34. The van der Waals surface area contributed by atoms with Crippen LogP contribution in [-0.2, 0) is 6.42 Å². The monoisotopic (exact) mass is 221 g/mol. The summed E-state index contributed by atoms with van der Waals surface area (Å²) in [5.74, 6) is 1.17. The molecule has 0 bridgehead atoms. The summed E-state index contributed by atoms with van der Waals surface area (Å²) < 4.78 is 1.85. The van der Waals surface area contributed by atoms with Crippen LogP contribution >= 0.6 is 0 Å². The minimum Gasteiger partial charge on any atom is -0.330 e. The van der Waals surface area contributed by atoms with Crippen molar-refractivity contribution in [3.63, 3.8) is 0 Å². The van der Waals surface area contributed by atoms with E-state index in [1.807, 2.05) is 11.5 Å². The highest BCUT2D eigenvalue weighted by molar-refractivity contribution is 5.10. The van der Waals surface area contributed by atoms with E-state index in [0.29, 0.717) is 18.5 Å². The molecule has 1 saturated carbocycles. The van der Waals surface area contributed by atoms with E-state index in [2.05, 4.69) is 11.9 Å². The molecule has 4 nitrogen and oxygen atoms in total. The SMILES string of the molecule is Cc1ncc(CC(C)CN)c(=O)n1C1CC1. The molecule has 2 N–H and O–H groups in total. The molecule has 2 rings (SSSR count). The van der Waals surface area contributed by atoms with E-state index in [-0.39, 0.29) is 5.56 Å². The van der Waals surface area contributed by atoms with E-state index in [1.165, 1.54) is 0 Å². The second-order valence-electron chi connectivity index (χ2n) is 4.78. The third-order valence-electron chi connectivity index (χ3n) is 3.13. The lowest BCUT2D eigenvalue weighted by Crippen LogP contribution is -2.28. The maximum absolute atomic E-state index is 12.2. The van der Waals surface area contributed by atoms with Crippen LogP contribution in [0.25, 0.3) is 0 Å². The number of nitrogens with zero attached hydrogens (tertiary/aromatic N) is 2. The van der Waals surface area contributed by atoms with Crippen molar-refractivity contribution in [1.29, 1.82) is 0 Å². The third kappa shape index (κ3) is 2.16.